The van der Waals surface area contributed by atoms with Crippen molar-refractivity contribution in [1.29, 1.82) is 0 Å². The molecule has 0 aliphatic heterocycles. The van der Waals surface area contributed by atoms with E-state index in [0.717, 1.165) is 21.9 Å². The minimum absolute atomic E-state index is 0.0763. The van der Waals surface area contributed by atoms with Gasteiger partial charge >= 0.3 is 5.97 Å². The van der Waals surface area contributed by atoms with Crippen LogP contribution in [0.1, 0.15) is 27.0 Å². The molecular weight excluding hydrogens is 288 g/mol. The average molecular weight is 304 g/mol. The normalized spacial score (nSPS) is 11.2. The molecule has 0 saturated carbocycles. The Morgan fingerprint density at radius 3 is 2.43 bits per heavy atom. The Kier molecular flexibility index (Phi) is 3.85. The molecule has 114 valence electrons. The van der Waals surface area contributed by atoms with E-state index in [0.29, 0.717) is 5.56 Å². The molecule has 0 bridgehead atoms. The predicted octanol–water partition coefficient (Wildman–Crippen LogP) is 4.72. The van der Waals surface area contributed by atoms with Crippen LogP contribution in [0.4, 0.5) is 0 Å². The van der Waals surface area contributed by atoms with E-state index in [-0.39, 0.29) is 11.3 Å². The smallest absolute Gasteiger partial charge is 0.340 e. The van der Waals surface area contributed by atoms with Crippen molar-refractivity contribution in [3.63, 3.8) is 0 Å². The summed E-state index contributed by atoms with van der Waals surface area (Å²) in [5.74, 6) is -1.35. The van der Waals surface area contributed by atoms with Crippen LogP contribution in [0.5, 0.6) is 5.75 Å². The van der Waals surface area contributed by atoms with Gasteiger partial charge in [-0.3, -0.25) is 0 Å². The maximum Gasteiger partial charge on any atom is 0.340 e. The van der Waals surface area contributed by atoms with Gasteiger partial charge in [0.25, 0.3) is 0 Å². The van der Waals surface area contributed by atoms with Crippen molar-refractivity contribution >= 4 is 28.9 Å². The van der Waals surface area contributed by atoms with Crippen LogP contribution in [-0.4, -0.2) is 16.2 Å². The largest absolute Gasteiger partial charge is 0.507 e. The first kappa shape index (κ1) is 14.9. The van der Waals surface area contributed by atoms with Gasteiger partial charge in [-0.25, -0.2) is 4.79 Å². The second-order valence-corrected chi connectivity index (χ2v) is 5.49. The third kappa shape index (κ3) is 3.09. The first-order valence-electron chi connectivity index (χ1n) is 7.28. The molecule has 0 unspecified atom stereocenters. The van der Waals surface area contributed by atoms with Gasteiger partial charge in [0.15, 0.2) is 0 Å². The highest BCUT2D eigenvalue weighted by Gasteiger charge is 2.14. The van der Waals surface area contributed by atoms with E-state index in [9.17, 15) is 15.0 Å². The summed E-state index contributed by atoms with van der Waals surface area (Å²) in [6.45, 7) is 1.82. The zero-order valence-electron chi connectivity index (χ0n) is 12.7. The zero-order valence-corrected chi connectivity index (χ0v) is 12.7. The minimum Gasteiger partial charge on any atom is -0.507 e. The Bertz CT molecular complexity index is 923. The van der Waals surface area contributed by atoms with Crippen molar-refractivity contribution in [1.82, 2.24) is 0 Å². The monoisotopic (exact) mass is 304 g/mol. The summed E-state index contributed by atoms with van der Waals surface area (Å²) < 4.78 is 0. The molecule has 0 aromatic heterocycles. The van der Waals surface area contributed by atoms with Gasteiger partial charge < -0.3 is 10.2 Å². The van der Waals surface area contributed by atoms with Gasteiger partial charge in [0.2, 0.25) is 0 Å². The maximum atomic E-state index is 11.3. The van der Waals surface area contributed by atoms with Crippen LogP contribution in [0.3, 0.4) is 0 Å². The topological polar surface area (TPSA) is 57.5 Å². The number of aryl methyl sites for hydroxylation is 1. The SMILES string of the molecule is Cc1cc(O)c(C(=O)O)c(/C=C/c2ccc3ccccc3c2)c1. The Morgan fingerprint density at radius 2 is 1.70 bits per heavy atom. The average Bonchev–Trinajstić information content (AvgIpc) is 2.51. The summed E-state index contributed by atoms with van der Waals surface area (Å²) in [5.41, 5.74) is 2.20. The molecule has 3 nitrogen and oxygen atoms in total. The predicted molar refractivity (Wildman–Crippen MR) is 92.7 cm³/mol. The van der Waals surface area contributed by atoms with Crippen molar-refractivity contribution < 1.29 is 15.0 Å². The van der Waals surface area contributed by atoms with Crippen LogP contribution in [0.2, 0.25) is 0 Å². The molecule has 3 aromatic rings. The molecule has 0 aliphatic rings. The highest BCUT2D eigenvalue weighted by Crippen LogP contribution is 2.26. The van der Waals surface area contributed by atoms with Crippen LogP contribution >= 0.6 is 0 Å². The number of carboxylic acid groups (broad SMARTS) is 1. The van der Waals surface area contributed by atoms with Crippen LogP contribution in [0.15, 0.2) is 54.6 Å². The number of fused-ring (bicyclic) bond motifs is 1. The lowest BCUT2D eigenvalue weighted by Crippen LogP contribution is -2.00. The van der Waals surface area contributed by atoms with E-state index in [1.165, 1.54) is 6.07 Å². The Labute approximate surface area is 134 Å². The van der Waals surface area contributed by atoms with Gasteiger partial charge in [0.1, 0.15) is 11.3 Å². The highest BCUT2D eigenvalue weighted by molar-refractivity contribution is 5.96. The second kappa shape index (κ2) is 5.97. The fourth-order valence-corrected chi connectivity index (χ4v) is 2.66. The lowest BCUT2D eigenvalue weighted by atomic mass is 10.0. The number of aromatic hydroxyl groups is 1. The summed E-state index contributed by atoms with van der Waals surface area (Å²) in [6.07, 6.45) is 3.58. The van der Waals surface area contributed by atoms with E-state index >= 15 is 0 Å². The van der Waals surface area contributed by atoms with Crippen molar-refractivity contribution in [3.8, 4) is 5.75 Å². The van der Waals surface area contributed by atoms with E-state index in [4.69, 9.17) is 0 Å². The van der Waals surface area contributed by atoms with Crippen molar-refractivity contribution in [2.24, 2.45) is 0 Å². The fourth-order valence-electron chi connectivity index (χ4n) is 2.66. The summed E-state index contributed by atoms with van der Waals surface area (Å²) >= 11 is 0. The van der Waals surface area contributed by atoms with Gasteiger partial charge in [-0.1, -0.05) is 54.6 Å². The van der Waals surface area contributed by atoms with Gasteiger partial charge in [-0.05, 0) is 46.5 Å². The number of hydrogen-bond donors (Lipinski definition) is 2. The molecule has 0 atom stereocenters. The van der Waals surface area contributed by atoms with Crippen LogP contribution < -0.4 is 0 Å². The number of carbonyl (C=O) groups is 1. The van der Waals surface area contributed by atoms with Crippen LogP contribution in [0, 0.1) is 6.92 Å². The molecule has 3 rings (SSSR count). The number of hydrogen-bond acceptors (Lipinski definition) is 2. The van der Waals surface area contributed by atoms with E-state index < -0.39 is 5.97 Å². The highest BCUT2D eigenvalue weighted by atomic mass is 16.4. The standard InChI is InChI=1S/C20H16O3/c1-13-10-17(19(20(22)23)18(21)11-13)9-7-14-6-8-15-4-2-3-5-16(15)12-14/h2-12,21H,1H3,(H,22,23)/b9-7+. The molecule has 0 amide bonds. The molecule has 0 heterocycles. The molecule has 23 heavy (non-hydrogen) atoms. The quantitative estimate of drug-likeness (QED) is 0.688. The maximum absolute atomic E-state index is 11.3. The van der Waals surface area contributed by atoms with Gasteiger partial charge in [-0.2, -0.15) is 0 Å². The Balaban J connectivity index is 2.03. The van der Waals surface area contributed by atoms with E-state index in [2.05, 4.69) is 0 Å². The molecule has 3 heteroatoms. The van der Waals surface area contributed by atoms with Gasteiger partial charge in [0, 0.05) is 0 Å². The third-order valence-electron chi connectivity index (χ3n) is 3.74. The van der Waals surface area contributed by atoms with Gasteiger partial charge in [-0.15, -0.1) is 0 Å². The number of rotatable bonds is 3. The molecule has 2 N–H and O–H groups in total. The third-order valence-corrected chi connectivity index (χ3v) is 3.74. The molecule has 0 aliphatic carbocycles. The molecular formula is C20H16O3. The molecule has 0 fully saturated rings. The number of benzene rings is 3. The lowest BCUT2D eigenvalue weighted by molar-refractivity contribution is 0.0693. The fraction of sp³-hybridized carbons (Fsp3) is 0.0500. The van der Waals surface area contributed by atoms with Crippen molar-refractivity contribution in [3.05, 3.63) is 76.9 Å². The van der Waals surface area contributed by atoms with Crippen LogP contribution in [0.25, 0.3) is 22.9 Å². The number of phenols is 1. The molecule has 0 spiro atoms. The van der Waals surface area contributed by atoms with Crippen molar-refractivity contribution in [2.75, 3.05) is 0 Å². The first-order chi connectivity index (χ1) is 11.0. The molecule has 3 aromatic carbocycles. The summed E-state index contributed by atoms with van der Waals surface area (Å²) in [6, 6.07) is 17.3. The summed E-state index contributed by atoms with van der Waals surface area (Å²) in [4.78, 5) is 11.3. The van der Waals surface area contributed by atoms with E-state index in [1.54, 1.807) is 12.1 Å². The Hall–Kier alpha value is -3.07. The van der Waals surface area contributed by atoms with Crippen molar-refractivity contribution in [2.45, 2.75) is 6.92 Å². The van der Waals surface area contributed by atoms with Crippen LogP contribution in [-0.2, 0) is 0 Å². The summed E-state index contributed by atoms with van der Waals surface area (Å²) in [7, 11) is 0. The second-order valence-electron chi connectivity index (χ2n) is 5.49. The summed E-state index contributed by atoms with van der Waals surface area (Å²) in [5, 5.41) is 21.4. The van der Waals surface area contributed by atoms with E-state index in [1.807, 2.05) is 55.5 Å². The zero-order chi connectivity index (χ0) is 16.4. The Morgan fingerprint density at radius 1 is 0.957 bits per heavy atom. The lowest BCUT2D eigenvalue weighted by Gasteiger charge is -2.06. The number of aromatic carboxylic acids is 1. The number of carboxylic acids is 1. The minimum atomic E-state index is -1.14. The van der Waals surface area contributed by atoms with Gasteiger partial charge in [0.05, 0.1) is 0 Å². The molecule has 0 saturated heterocycles. The molecule has 0 radical (unpaired) electrons. The first-order valence-corrected chi connectivity index (χ1v) is 7.28.